The van der Waals surface area contributed by atoms with Crippen LogP contribution in [0.1, 0.15) is 17.5 Å². The van der Waals surface area contributed by atoms with Crippen molar-refractivity contribution in [1.82, 2.24) is 24.3 Å². The highest BCUT2D eigenvalue weighted by Gasteiger charge is 2.36. The lowest BCUT2D eigenvalue weighted by Crippen LogP contribution is -2.55. The summed E-state index contributed by atoms with van der Waals surface area (Å²) in [5.74, 6) is 0.597. The van der Waals surface area contributed by atoms with Gasteiger partial charge < -0.3 is 24.6 Å². The maximum absolute atomic E-state index is 13.6. The minimum absolute atomic E-state index is 0.0361. The third-order valence-electron chi connectivity index (χ3n) is 6.87. The van der Waals surface area contributed by atoms with Crippen LogP contribution in [0.25, 0.3) is 0 Å². The lowest BCUT2D eigenvalue weighted by molar-refractivity contribution is -0.138. The van der Waals surface area contributed by atoms with Crippen molar-refractivity contribution in [3.8, 4) is 5.75 Å². The molecule has 2 fully saturated rings. The van der Waals surface area contributed by atoms with Crippen LogP contribution >= 0.6 is 0 Å². The lowest BCUT2D eigenvalue weighted by atomic mass is 10.1. The average Bonchev–Trinajstić information content (AvgIpc) is 2.83. The first-order chi connectivity index (χ1) is 17.1. The predicted octanol–water partition coefficient (Wildman–Crippen LogP) is 0.387. The minimum Gasteiger partial charge on any atom is -0.497 e. The van der Waals surface area contributed by atoms with Gasteiger partial charge in [-0.3, -0.25) is 9.69 Å². The largest absolute Gasteiger partial charge is 0.497 e. The summed E-state index contributed by atoms with van der Waals surface area (Å²) in [6.07, 6.45) is 1.12. The molecular formula is C25H43N5O5S. The number of carbonyl (C=O) groups is 1. The van der Waals surface area contributed by atoms with E-state index in [-0.39, 0.29) is 25.2 Å². The SMILES string of the molecule is COc1cc(C)c(S(=O)(=O)N2CCNCC2COCC(=O)N2CCN(CCCN(C)C)CC2)c(C)c1. The molecule has 2 heterocycles. The van der Waals surface area contributed by atoms with E-state index in [1.54, 1.807) is 33.1 Å². The predicted molar refractivity (Wildman–Crippen MR) is 140 cm³/mol. The first-order valence-corrected chi connectivity index (χ1v) is 14.2. The molecule has 36 heavy (non-hydrogen) atoms. The molecule has 1 atom stereocenters. The van der Waals surface area contributed by atoms with Crippen molar-refractivity contribution in [2.24, 2.45) is 0 Å². The number of rotatable bonds is 11. The van der Waals surface area contributed by atoms with E-state index >= 15 is 0 Å². The van der Waals surface area contributed by atoms with Crippen molar-refractivity contribution in [2.75, 3.05) is 93.3 Å². The van der Waals surface area contributed by atoms with Crippen LogP contribution in [0.4, 0.5) is 0 Å². The number of methoxy groups -OCH3 is 1. The number of aryl methyl sites for hydroxylation is 2. The van der Waals surface area contributed by atoms with Crippen molar-refractivity contribution in [3.05, 3.63) is 23.3 Å². The third-order valence-corrected chi connectivity index (χ3v) is 9.13. The van der Waals surface area contributed by atoms with Crippen LogP contribution in [0.3, 0.4) is 0 Å². The zero-order valence-corrected chi connectivity index (χ0v) is 23.3. The topological polar surface area (TPSA) is 94.7 Å². The Kier molecular flexibility index (Phi) is 10.5. The van der Waals surface area contributed by atoms with Gasteiger partial charge in [0.15, 0.2) is 0 Å². The Balaban J connectivity index is 1.53. The molecule has 11 heteroatoms. The van der Waals surface area contributed by atoms with Gasteiger partial charge in [0.2, 0.25) is 15.9 Å². The Bertz CT molecular complexity index is 956. The Labute approximate surface area is 216 Å². The van der Waals surface area contributed by atoms with Gasteiger partial charge in [0.05, 0.1) is 24.7 Å². The molecule has 1 aromatic carbocycles. The van der Waals surface area contributed by atoms with E-state index in [1.807, 2.05) is 4.90 Å². The summed E-state index contributed by atoms with van der Waals surface area (Å²) < 4.78 is 39.9. The van der Waals surface area contributed by atoms with E-state index in [0.29, 0.717) is 54.5 Å². The van der Waals surface area contributed by atoms with Crippen molar-refractivity contribution < 1.29 is 22.7 Å². The highest BCUT2D eigenvalue weighted by atomic mass is 32.2. The number of ether oxygens (including phenoxy) is 2. The Morgan fingerprint density at radius 3 is 2.39 bits per heavy atom. The first-order valence-electron chi connectivity index (χ1n) is 12.7. The molecule has 1 N–H and O–H groups in total. The maximum Gasteiger partial charge on any atom is 0.248 e. The van der Waals surface area contributed by atoms with Gasteiger partial charge >= 0.3 is 0 Å². The molecule has 1 amide bonds. The zero-order chi connectivity index (χ0) is 26.3. The molecule has 10 nitrogen and oxygen atoms in total. The summed E-state index contributed by atoms with van der Waals surface area (Å²) in [6.45, 7) is 10.4. The standard InChI is InChI=1S/C25H43N5O5S/c1-20-15-23(34-5)16-21(2)25(20)36(32,33)30-10-7-26-17-22(30)18-35-19-24(31)29-13-11-28(12-14-29)9-6-8-27(3)4/h15-16,22,26H,6-14,17-19H2,1-5H3. The first kappa shape index (κ1) is 28.8. The van der Waals surface area contributed by atoms with Crippen LogP contribution in [-0.4, -0.2) is 133 Å². The van der Waals surface area contributed by atoms with Gasteiger partial charge in [-0.2, -0.15) is 4.31 Å². The lowest BCUT2D eigenvalue weighted by Gasteiger charge is -2.36. The monoisotopic (exact) mass is 525 g/mol. The number of sulfonamides is 1. The molecular weight excluding hydrogens is 482 g/mol. The number of hydrogen-bond donors (Lipinski definition) is 1. The second kappa shape index (κ2) is 13.2. The fraction of sp³-hybridized carbons (Fsp3) is 0.720. The normalized spacial score (nSPS) is 20.2. The van der Waals surface area contributed by atoms with E-state index in [2.05, 4.69) is 29.2 Å². The highest BCUT2D eigenvalue weighted by molar-refractivity contribution is 7.89. The van der Waals surface area contributed by atoms with Crippen molar-refractivity contribution in [1.29, 1.82) is 0 Å². The fourth-order valence-corrected chi connectivity index (χ4v) is 6.98. The smallest absolute Gasteiger partial charge is 0.248 e. The van der Waals surface area contributed by atoms with Gasteiger partial charge in [-0.15, -0.1) is 0 Å². The van der Waals surface area contributed by atoms with Crippen LogP contribution in [0.15, 0.2) is 17.0 Å². The molecule has 2 saturated heterocycles. The number of hydrogen-bond acceptors (Lipinski definition) is 8. The summed E-state index contributed by atoms with van der Waals surface area (Å²) in [5, 5.41) is 3.26. The van der Waals surface area contributed by atoms with Gasteiger partial charge in [0.1, 0.15) is 12.4 Å². The Hall–Kier alpha value is -1.76. The molecule has 3 rings (SSSR count). The molecule has 0 bridgehead atoms. The van der Waals surface area contributed by atoms with Crippen molar-refractivity contribution >= 4 is 15.9 Å². The van der Waals surface area contributed by atoms with Gasteiger partial charge in [-0.25, -0.2) is 8.42 Å². The molecule has 0 spiro atoms. The summed E-state index contributed by atoms with van der Waals surface area (Å²) >= 11 is 0. The van der Waals surface area contributed by atoms with Crippen LogP contribution in [-0.2, 0) is 19.6 Å². The molecule has 1 unspecified atom stereocenters. The summed E-state index contributed by atoms with van der Waals surface area (Å²) in [6, 6.07) is 3.11. The number of benzene rings is 1. The highest BCUT2D eigenvalue weighted by Crippen LogP contribution is 2.29. The number of piperazine rings is 2. The quantitative estimate of drug-likeness (QED) is 0.444. The van der Waals surface area contributed by atoms with Gasteiger partial charge in [-0.05, 0) is 70.7 Å². The molecule has 0 aromatic heterocycles. The molecule has 204 valence electrons. The minimum atomic E-state index is -3.73. The Morgan fingerprint density at radius 1 is 1.11 bits per heavy atom. The van der Waals surface area contributed by atoms with Gasteiger partial charge in [0, 0.05) is 45.8 Å². The second-order valence-electron chi connectivity index (χ2n) is 9.96. The van der Waals surface area contributed by atoms with Crippen LogP contribution in [0, 0.1) is 13.8 Å². The van der Waals surface area contributed by atoms with Crippen LogP contribution in [0.5, 0.6) is 5.75 Å². The maximum atomic E-state index is 13.6. The van der Waals surface area contributed by atoms with Gasteiger partial charge in [0.25, 0.3) is 0 Å². The van der Waals surface area contributed by atoms with Crippen molar-refractivity contribution in [3.63, 3.8) is 0 Å². The van der Waals surface area contributed by atoms with Crippen LogP contribution in [0.2, 0.25) is 0 Å². The number of nitrogens with zero attached hydrogens (tertiary/aromatic N) is 4. The van der Waals surface area contributed by atoms with E-state index in [9.17, 15) is 13.2 Å². The van der Waals surface area contributed by atoms with E-state index in [0.717, 1.165) is 32.6 Å². The molecule has 2 aliphatic heterocycles. The fourth-order valence-electron chi connectivity index (χ4n) is 4.96. The van der Waals surface area contributed by atoms with Crippen LogP contribution < -0.4 is 10.1 Å². The molecule has 2 aliphatic rings. The molecule has 0 aliphatic carbocycles. The summed E-state index contributed by atoms with van der Waals surface area (Å²) in [4.78, 5) is 19.5. The van der Waals surface area contributed by atoms with E-state index in [4.69, 9.17) is 9.47 Å². The van der Waals surface area contributed by atoms with Crippen molar-refractivity contribution in [2.45, 2.75) is 31.2 Å². The molecule has 0 saturated carbocycles. The molecule has 0 radical (unpaired) electrons. The van der Waals surface area contributed by atoms with Gasteiger partial charge in [-0.1, -0.05) is 0 Å². The second-order valence-corrected chi connectivity index (χ2v) is 11.8. The summed E-state index contributed by atoms with van der Waals surface area (Å²) in [5.41, 5.74) is 1.31. The molecule has 1 aromatic rings. The van der Waals surface area contributed by atoms with E-state index < -0.39 is 10.0 Å². The van der Waals surface area contributed by atoms with E-state index in [1.165, 1.54) is 4.31 Å². The third kappa shape index (κ3) is 7.39. The number of amides is 1. The Morgan fingerprint density at radius 2 is 1.78 bits per heavy atom. The number of carbonyl (C=O) groups excluding carboxylic acids is 1. The average molecular weight is 526 g/mol. The number of nitrogens with one attached hydrogen (secondary N) is 1. The zero-order valence-electron chi connectivity index (χ0n) is 22.5. The summed E-state index contributed by atoms with van der Waals surface area (Å²) in [7, 11) is 1.99.